The molecule has 0 spiro atoms. The van der Waals surface area contributed by atoms with Gasteiger partial charge < -0.3 is 24.8 Å². The van der Waals surface area contributed by atoms with Gasteiger partial charge in [-0.2, -0.15) is 11.6 Å². The van der Waals surface area contributed by atoms with Crippen LogP contribution in [-0.2, 0) is 24.2 Å². The van der Waals surface area contributed by atoms with Gasteiger partial charge in [0.15, 0.2) is 0 Å². The van der Waals surface area contributed by atoms with Crippen LogP contribution in [0.4, 0.5) is 0 Å². The van der Waals surface area contributed by atoms with Gasteiger partial charge >= 0.3 is 112 Å². The summed E-state index contributed by atoms with van der Waals surface area (Å²) >= 11 is 1.47. The SMILES string of the molecule is CC1=C(C)C[C-]=C1.Cc1ccccc1[C](=[Zr+2])c1ccccc1C.[C-]1=CC=CC1.[Cl-].[Cl-]. The van der Waals surface area contributed by atoms with Crippen LogP contribution in [0.5, 0.6) is 0 Å². The first-order chi connectivity index (χ1) is 13.5. The van der Waals surface area contributed by atoms with E-state index in [1.165, 1.54) is 60.8 Å². The van der Waals surface area contributed by atoms with Gasteiger partial charge in [-0.1, -0.05) is 6.92 Å². The third-order valence-corrected chi connectivity index (χ3v) is 6.10. The Morgan fingerprint density at radius 2 is 1.33 bits per heavy atom. The Bertz CT molecular complexity index is 876. The quantitative estimate of drug-likeness (QED) is 0.521. The molecule has 4 rings (SSSR count). The van der Waals surface area contributed by atoms with E-state index in [0.717, 1.165) is 12.8 Å². The fourth-order valence-electron chi connectivity index (χ4n) is 2.81. The normalized spacial score (nSPS) is 12.9. The van der Waals surface area contributed by atoms with Gasteiger partial charge in [-0.05, 0) is 0 Å². The van der Waals surface area contributed by atoms with Crippen molar-refractivity contribution in [1.82, 2.24) is 0 Å². The molecule has 0 N–H and O–H groups in total. The molecule has 2 aromatic carbocycles. The molecule has 0 radical (unpaired) electrons. The molecule has 0 atom stereocenters. The molecule has 0 bridgehead atoms. The Morgan fingerprint density at radius 1 is 0.800 bits per heavy atom. The summed E-state index contributed by atoms with van der Waals surface area (Å²) in [6.45, 7) is 8.62. The molecule has 0 unspecified atom stereocenters. The summed E-state index contributed by atoms with van der Waals surface area (Å²) in [5.41, 5.74) is 8.33. The summed E-state index contributed by atoms with van der Waals surface area (Å²) in [6.07, 6.45) is 16.2. The molecule has 0 nitrogen and oxygen atoms in total. The molecule has 2 aliphatic rings. The van der Waals surface area contributed by atoms with Crippen molar-refractivity contribution >= 4 is 3.21 Å². The number of aryl methyl sites for hydroxylation is 2. The smallest absolute Gasteiger partial charge is 0.109 e. The summed E-state index contributed by atoms with van der Waals surface area (Å²) in [4.78, 5) is 0. The van der Waals surface area contributed by atoms with E-state index in [-0.39, 0.29) is 24.8 Å². The second-order valence-electron chi connectivity index (χ2n) is 7.00. The minimum Gasteiger partial charge on any atom is -1.00 e. The molecule has 0 fully saturated rings. The molecule has 30 heavy (non-hydrogen) atoms. The number of benzene rings is 2. The van der Waals surface area contributed by atoms with Gasteiger partial charge in [-0.15, -0.1) is 19.8 Å². The van der Waals surface area contributed by atoms with Crippen LogP contribution in [0, 0.1) is 26.0 Å². The fraction of sp³-hybridized carbons (Fsp3) is 0.222. The van der Waals surface area contributed by atoms with Gasteiger partial charge in [-0.25, -0.2) is 23.8 Å². The van der Waals surface area contributed by atoms with Crippen molar-refractivity contribution in [2.24, 2.45) is 0 Å². The average molecular weight is 515 g/mol. The zero-order valence-electron chi connectivity index (χ0n) is 18.1. The van der Waals surface area contributed by atoms with Gasteiger partial charge in [0.2, 0.25) is 0 Å². The van der Waals surface area contributed by atoms with Crippen LogP contribution >= 0.6 is 0 Å². The molecular weight excluding hydrogens is 486 g/mol. The number of allylic oxidation sites excluding steroid dienone is 8. The van der Waals surface area contributed by atoms with Crippen LogP contribution in [-0.4, -0.2) is 3.21 Å². The standard InChI is InChI=1S/C15H14.C7H9.C5H5.2ClH.Zr/c1-12-7-3-5-9-14(12)11-15-10-6-4-8-13(15)2;1-6-4-3-5-7(6)2;1-2-4-5-3-1;;;/h3-10H,1-2H3;4H,5H2,1-2H3;1-3H,4H2;2*1H;/q;2*-1;;;+2/p-2. The van der Waals surface area contributed by atoms with Gasteiger partial charge in [0.1, 0.15) is 0 Å². The van der Waals surface area contributed by atoms with E-state index in [1.807, 2.05) is 12.2 Å². The van der Waals surface area contributed by atoms with Gasteiger partial charge in [0.05, 0.1) is 0 Å². The molecular formula is C27H28Cl2Zr-2. The molecule has 0 amide bonds. The summed E-state index contributed by atoms with van der Waals surface area (Å²) < 4.78 is 1.45. The molecule has 0 heterocycles. The Hall–Kier alpha value is -1.27. The molecule has 0 aliphatic heterocycles. The van der Waals surface area contributed by atoms with E-state index in [0.29, 0.717) is 0 Å². The van der Waals surface area contributed by atoms with Crippen LogP contribution < -0.4 is 24.8 Å². The maximum absolute atomic E-state index is 3.12. The zero-order valence-corrected chi connectivity index (χ0v) is 22.1. The second-order valence-corrected chi connectivity index (χ2v) is 8.23. The first-order valence-electron chi connectivity index (χ1n) is 9.66. The molecule has 3 heteroatoms. The third-order valence-electron chi connectivity index (χ3n) is 4.77. The van der Waals surface area contributed by atoms with Crippen molar-refractivity contribution < 1.29 is 49.0 Å². The van der Waals surface area contributed by atoms with Crippen molar-refractivity contribution in [3.05, 3.63) is 118 Å². The monoisotopic (exact) mass is 512 g/mol. The third kappa shape index (κ3) is 9.26. The van der Waals surface area contributed by atoms with Crippen molar-refractivity contribution in [2.45, 2.75) is 40.5 Å². The predicted molar refractivity (Wildman–Crippen MR) is 118 cm³/mol. The average Bonchev–Trinajstić information content (AvgIpc) is 3.39. The maximum atomic E-state index is 3.12. The van der Waals surface area contributed by atoms with Crippen molar-refractivity contribution in [2.75, 3.05) is 0 Å². The van der Waals surface area contributed by atoms with Crippen LogP contribution in [0.3, 0.4) is 0 Å². The Labute approximate surface area is 210 Å². The van der Waals surface area contributed by atoms with Crippen molar-refractivity contribution in [1.29, 1.82) is 0 Å². The first-order valence-corrected chi connectivity index (χ1v) is 10.9. The summed E-state index contributed by atoms with van der Waals surface area (Å²) in [7, 11) is 0. The van der Waals surface area contributed by atoms with Gasteiger partial charge in [-0.3, -0.25) is 12.2 Å². The predicted octanol–water partition coefficient (Wildman–Crippen LogP) is 0.819. The van der Waals surface area contributed by atoms with Crippen molar-refractivity contribution in [3.63, 3.8) is 0 Å². The van der Waals surface area contributed by atoms with E-state index >= 15 is 0 Å². The Balaban J connectivity index is 0.000000498. The van der Waals surface area contributed by atoms with E-state index in [1.54, 1.807) is 0 Å². The molecule has 2 aromatic rings. The van der Waals surface area contributed by atoms with Crippen LogP contribution in [0.1, 0.15) is 48.9 Å². The summed E-state index contributed by atoms with van der Waals surface area (Å²) in [5.74, 6) is 0. The van der Waals surface area contributed by atoms with E-state index < -0.39 is 0 Å². The molecule has 0 saturated carbocycles. The maximum Gasteiger partial charge on any atom is -0.109 e. The minimum atomic E-state index is 0. The summed E-state index contributed by atoms with van der Waals surface area (Å²) in [6, 6.07) is 17.2. The van der Waals surface area contributed by atoms with E-state index in [9.17, 15) is 0 Å². The van der Waals surface area contributed by atoms with Gasteiger partial charge in [0, 0.05) is 0 Å². The second kappa shape index (κ2) is 15.5. The largest absolute Gasteiger partial charge is 1.00 e. The molecule has 2 aliphatic carbocycles. The van der Waals surface area contributed by atoms with Crippen LogP contribution in [0.25, 0.3) is 0 Å². The molecule has 156 valence electrons. The van der Waals surface area contributed by atoms with Crippen molar-refractivity contribution in [3.8, 4) is 0 Å². The number of halogens is 2. The Morgan fingerprint density at radius 3 is 1.60 bits per heavy atom. The van der Waals surface area contributed by atoms with Gasteiger partial charge in [0.25, 0.3) is 0 Å². The Kier molecular flexibility index (Phi) is 14.9. The van der Waals surface area contributed by atoms with Crippen LogP contribution in [0.15, 0.2) is 84.0 Å². The van der Waals surface area contributed by atoms with E-state index in [2.05, 4.69) is 101 Å². The summed E-state index contributed by atoms with van der Waals surface area (Å²) in [5, 5.41) is 0. The first kappa shape index (κ1) is 28.7. The number of hydrogen-bond acceptors (Lipinski definition) is 0. The molecule has 0 saturated heterocycles. The fourth-order valence-corrected chi connectivity index (χ4v) is 4.19. The minimum absolute atomic E-state index is 0. The number of hydrogen-bond donors (Lipinski definition) is 0. The van der Waals surface area contributed by atoms with Crippen LogP contribution in [0.2, 0.25) is 0 Å². The molecule has 0 aromatic heterocycles. The number of rotatable bonds is 2. The zero-order chi connectivity index (χ0) is 20.4. The topological polar surface area (TPSA) is 0 Å². The van der Waals surface area contributed by atoms with E-state index in [4.69, 9.17) is 0 Å².